The van der Waals surface area contributed by atoms with Gasteiger partial charge in [-0.15, -0.1) is 0 Å². The van der Waals surface area contributed by atoms with Gasteiger partial charge in [0.2, 0.25) is 0 Å². The number of hydrogen-bond acceptors (Lipinski definition) is 3. The highest BCUT2D eigenvalue weighted by atomic mass is 16.5. The Labute approximate surface area is 96.6 Å². The molecule has 1 atom stereocenters. The summed E-state index contributed by atoms with van der Waals surface area (Å²) in [7, 11) is 1.65. The third kappa shape index (κ3) is 2.61. The van der Waals surface area contributed by atoms with Crippen molar-refractivity contribution in [3.63, 3.8) is 0 Å². The number of Topliss-reactive ketones (excluding diaryl/α,β-unsaturated/α-hetero) is 1. The van der Waals surface area contributed by atoms with Gasteiger partial charge in [0.1, 0.15) is 11.5 Å². The third-order valence-electron chi connectivity index (χ3n) is 2.91. The smallest absolute Gasteiger partial charge is 0.131 e. The van der Waals surface area contributed by atoms with Gasteiger partial charge in [0.05, 0.1) is 7.11 Å². The lowest BCUT2D eigenvalue weighted by Gasteiger charge is -2.17. The summed E-state index contributed by atoms with van der Waals surface area (Å²) in [6.07, 6.45) is 0.382. The van der Waals surface area contributed by atoms with Crippen molar-refractivity contribution in [3.05, 3.63) is 28.8 Å². The van der Waals surface area contributed by atoms with Crippen molar-refractivity contribution >= 4 is 5.78 Å². The van der Waals surface area contributed by atoms with Crippen LogP contribution in [-0.4, -0.2) is 12.9 Å². The van der Waals surface area contributed by atoms with E-state index in [1.807, 2.05) is 26.0 Å². The maximum atomic E-state index is 11.0. The van der Waals surface area contributed by atoms with Crippen molar-refractivity contribution in [2.45, 2.75) is 33.2 Å². The van der Waals surface area contributed by atoms with E-state index in [-0.39, 0.29) is 11.8 Å². The van der Waals surface area contributed by atoms with Gasteiger partial charge in [-0.25, -0.2) is 0 Å². The number of ketones is 1. The summed E-state index contributed by atoms with van der Waals surface area (Å²) in [5.74, 6) is 0.969. The van der Waals surface area contributed by atoms with Crippen LogP contribution in [0.2, 0.25) is 0 Å². The first-order chi connectivity index (χ1) is 7.47. The Balaban J connectivity index is 3.06. The Morgan fingerprint density at radius 2 is 2.00 bits per heavy atom. The first kappa shape index (κ1) is 12.7. The second-order valence-electron chi connectivity index (χ2n) is 4.12. The highest BCUT2D eigenvalue weighted by Gasteiger charge is 2.14. The zero-order valence-corrected chi connectivity index (χ0v) is 10.3. The molecule has 16 heavy (non-hydrogen) atoms. The van der Waals surface area contributed by atoms with Crippen LogP contribution >= 0.6 is 0 Å². The van der Waals surface area contributed by atoms with Crippen LogP contribution < -0.4 is 10.5 Å². The molecule has 0 saturated carbocycles. The van der Waals surface area contributed by atoms with E-state index in [0.29, 0.717) is 6.42 Å². The third-order valence-corrected chi connectivity index (χ3v) is 2.91. The molecule has 1 unspecified atom stereocenters. The predicted octanol–water partition coefficient (Wildman–Crippen LogP) is 2.29. The normalized spacial score (nSPS) is 12.3. The molecule has 0 heterocycles. The number of carbonyl (C=O) groups excluding carboxylic acids is 1. The number of nitrogens with two attached hydrogens (primary N) is 1. The molecule has 2 N–H and O–H groups in total. The van der Waals surface area contributed by atoms with Crippen molar-refractivity contribution in [2.24, 2.45) is 5.73 Å². The fourth-order valence-electron chi connectivity index (χ4n) is 1.86. The molecule has 0 aliphatic rings. The average Bonchev–Trinajstić information content (AvgIpc) is 2.20. The van der Waals surface area contributed by atoms with E-state index in [9.17, 15) is 4.79 Å². The summed E-state index contributed by atoms with van der Waals surface area (Å²) in [5, 5.41) is 0. The fourth-order valence-corrected chi connectivity index (χ4v) is 1.86. The van der Waals surface area contributed by atoms with Crippen LogP contribution in [0.5, 0.6) is 5.75 Å². The molecule has 3 nitrogen and oxygen atoms in total. The molecule has 0 spiro atoms. The van der Waals surface area contributed by atoms with E-state index >= 15 is 0 Å². The second kappa shape index (κ2) is 5.12. The predicted molar refractivity (Wildman–Crippen MR) is 64.7 cm³/mol. The Morgan fingerprint density at radius 1 is 1.38 bits per heavy atom. The van der Waals surface area contributed by atoms with Crippen LogP contribution in [0, 0.1) is 13.8 Å². The maximum Gasteiger partial charge on any atom is 0.131 e. The lowest BCUT2D eigenvalue weighted by atomic mass is 9.94. The lowest BCUT2D eigenvalue weighted by Crippen LogP contribution is -2.15. The molecule has 0 bridgehead atoms. The SMILES string of the molecule is COc1ccc(C(N)CC(C)=O)c(C)c1C. The summed E-state index contributed by atoms with van der Waals surface area (Å²) in [5.41, 5.74) is 9.20. The maximum absolute atomic E-state index is 11.0. The van der Waals surface area contributed by atoms with E-state index in [0.717, 1.165) is 22.4 Å². The number of methoxy groups -OCH3 is 1. The van der Waals surface area contributed by atoms with Gasteiger partial charge in [-0.3, -0.25) is 4.79 Å². The van der Waals surface area contributed by atoms with Crippen molar-refractivity contribution < 1.29 is 9.53 Å². The monoisotopic (exact) mass is 221 g/mol. The molecular formula is C13H19NO2. The number of carbonyl (C=O) groups is 1. The minimum absolute atomic E-state index is 0.111. The molecule has 0 radical (unpaired) electrons. The molecule has 88 valence electrons. The summed E-state index contributed by atoms with van der Waals surface area (Å²) < 4.78 is 5.23. The van der Waals surface area contributed by atoms with E-state index in [1.54, 1.807) is 14.0 Å². The van der Waals surface area contributed by atoms with E-state index in [2.05, 4.69) is 0 Å². The number of rotatable bonds is 4. The quantitative estimate of drug-likeness (QED) is 0.848. The highest BCUT2D eigenvalue weighted by Crippen LogP contribution is 2.28. The van der Waals surface area contributed by atoms with Crippen LogP contribution in [0.4, 0.5) is 0 Å². The molecule has 1 aromatic carbocycles. The number of ether oxygens (including phenoxy) is 1. The Morgan fingerprint density at radius 3 is 2.50 bits per heavy atom. The minimum Gasteiger partial charge on any atom is -0.496 e. The fraction of sp³-hybridized carbons (Fsp3) is 0.462. The van der Waals surface area contributed by atoms with Crippen LogP contribution in [0.25, 0.3) is 0 Å². The number of benzene rings is 1. The van der Waals surface area contributed by atoms with E-state index in [1.165, 1.54) is 0 Å². The summed E-state index contributed by atoms with van der Waals surface area (Å²) in [6.45, 7) is 5.57. The van der Waals surface area contributed by atoms with Gasteiger partial charge in [0.25, 0.3) is 0 Å². The van der Waals surface area contributed by atoms with Gasteiger partial charge >= 0.3 is 0 Å². The van der Waals surface area contributed by atoms with Crippen molar-refractivity contribution in [2.75, 3.05) is 7.11 Å². The van der Waals surface area contributed by atoms with Gasteiger partial charge in [-0.1, -0.05) is 6.07 Å². The van der Waals surface area contributed by atoms with Crippen molar-refractivity contribution in [1.29, 1.82) is 0 Å². The van der Waals surface area contributed by atoms with Crippen molar-refractivity contribution in [1.82, 2.24) is 0 Å². The van der Waals surface area contributed by atoms with Gasteiger partial charge in [-0.05, 0) is 43.5 Å². The van der Waals surface area contributed by atoms with Gasteiger partial charge in [0.15, 0.2) is 0 Å². The van der Waals surface area contributed by atoms with Crippen LogP contribution in [0.15, 0.2) is 12.1 Å². The van der Waals surface area contributed by atoms with Gasteiger partial charge in [0, 0.05) is 12.5 Å². The molecule has 0 amide bonds. The Bertz CT molecular complexity index is 399. The first-order valence-electron chi connectivity index (χ1n) is 5.36. The summed E-state index contributed by atoms with van der Waals surface area (Å²) >= 11 is 0. The molecule has 1 aromatic rings. The Kier molecular flexibility index (Phi) is 4.07. The molecule has 0 saturated heterocycles. The molecule has 0 aliphatic heterocycles. The van der Waals surface area contributed by atoms with Crippen LogP contribution in [0.3, 0.4) is 0 Å². The molecule has 0 aromatic heterocycles. The molecule has 1 rings (SSSR count). The number of hydrogen-bond donors (Lipinski definition) is 1. The molecule has 0 fully saturated rings. The Hall–Kier alpha value is -1.35. The average molecular weight is 221 g/mol. The molecule has 3 heteroatoms. The summed E-state index contributed by atoms with van der Waals surface area (Å²) in [6, 6.07) is 3.62. The van der Waals surface area contributed by atoms with E-state index in [4.69, 9.17) is 10.5 Å². The first-order valence-corrected chi connectivity index (χ1v) is 5.36. The zero-order valence-electron chi connectivity index (χ0n) is 10.3. The van der Waals surface area contributed by atoms with E-state index < -0.39 is 0 Å². The van der Waals surface area contributed by atoms with Gasteiger partial charge in [-0.2, -0.15) is 0 Å². The van der Waals surface area contributed by atoms with Crippen LogP contribution in [-0.2, 0) is 4.79 Å². The highest BCUT2D eigenvalue weighted by molar-refractivity contribution is 5.76. The van der Waals surface area contributed by atoms with Gasteiger partial charge < -0.3 is 10.5 Å². The zero-order chi connectivity index (χ0) is 12.3. The lowest BCUT2D eigenvalue weighted by molar-refractivity contribution is -0.117. The van der Waals surface area contributed by atoms with Crippen molar-refractivity contribution in [3.8, 4) is 5.75 Å². The standard InChI is InChI=1S/C13H19NO2/c1-8(15)7-12(14)11-5-6-13(16-4)10(3)9(11)2/h5-6,12H,7,14H2,1-4H3. The van der Waals surface area contributed by atoms with Crippen LogP contribution in [0.1, 0.15) is 36.1 Å². The second-order valence-corrected chi connectivity index (χ2v) is 4.12. The summed E-state index contributed by atoms with van der Waals surface area (Å²) in [4.78, 5) is 11.0. The minimum atomic E-state index is -0.220. The molecule has 0 aliphatic carbocycles. The topological polar surface area (TPSA) is 52.3 Å². The molecular weight excluding hydrogens is 202 g/mol. The largest absolute Gasteiger partial charge is 0.496 e.